The van der Waals surface area contributed by atoms with Gasteiger partial charge in [0.1, 0.15) is 0 Å². The Balaban J connectivity index is 0.880. The average Bonchev–Trinajstić information content (AvgIpc) is 4.17. The fraction of sp³-hybridized carbons (Fsp3) is 0.0256. The van der Waals surface area contributed by atoms with Gasteiger partial charge in [-0.25, -0.2) is 0 Å². The highest BCUT2D eigenvalue weighted by Crippen LogP contribution is 2.50. The van der Waals surface area contributed by atoms with Crippen molar-refractivity contribution in [3.63, 3.8) is 0 Å². The first-order valence-corrected chi connectivity index (χ1v) is 28.3. The molecular formula is C78H54N4. The molecule has 0 unspecified atom stereocenters. The van der Waals surface area contributed by atoms with Gasteiger partial charge in [0.25, 0.3) is 0 Å². The van der Waals surface area contributed by atoms with E-state index in [0.29, 0.717) is 0 Å². The Bertz CT molecular complexity index is 5120. The maximum absolute atomic E-state index is 2.51. The Morgan fingerprint density at radius 1 is 0.244 bits per heavy atom. The monoisotopic (exact) mass is 1050 g/mol. The minimum atomic E-state index is 1.08. The van der Waals surface area contributed by atoms with Crippen molar-refractivity contribution >= 4 is 121 Å². The molecule has 14 aromatic carbocycles. The van der Waals surface area contributed by atoms with Crippen LogP contribution in [0.1, 0.15) is 11.1 Å². The molecule has 82 heavy (non-hydrogen) atoms. The smallest absolute Gasteiger partial charge is 0.0618 e. The number of anilines is 6. The highest BCUT2D eigenvalue weighted by Gasteiger charge is 2.25. The van der Waals surface area contributed by atoms with Crippen LogP contribution in [0.15, 0.2) is 291 Å². The highest BCUT2D eigenvalue weighted by molar-refractivity contribution is 6.23. The van der Waals surface area contributed by atoms with E-state index in [1.807, 2.05) is 0 Å². The van der Waals surface area contributed by atoms with Crippen molar-refractivity contribution in [3.8, 4) is 22.5 Å². The van der Waals surface area contributed by atoms with E-state index in [1.165, 1.54) is 103 Å². The number of aryl methyl sites for hydroxylation is 2. The van der Waals surface area contributed by atoms with Crippen molar-refractivity contribution in [2.75, 3.05) is 9.80 Å². The summed E-state index contributed by atoms with van der Waals surface area (Å²) in [5, 5.41) is 14.4. The first-order valence-electron chi connectivity index (χ1n) is 28.3. The summed E-state index contributed by atoms with van der Waals surface area (Å²) in [4.78, 5) is 4.93. The van der Waals surface area contributed by atoms with E-state index >= 15 is 0 Å². The Morgan fingerprint density at radius 2 is 0.598 bits per heavy atom. The fourth-order valence-corrected chi connectivity index (χ4v) is 13.1. The lowest BCUT2D eigenvalue weighted by atomic mass is 9.89. The molecule has 0 spiro atoms. The number of fused-ring (bicyclic) bond motifs is 10. The molecule has 0 amide bonds. The number of hydrogen-bond acceptors (Lipinski definition) is 2. The maximum atomic E-state index is 2.51. The summed E-state index contributed by atoms with van der Waals surface area (Å²) >= 11 is 0. The van der Waals surface area contributed by atoms with Gasteiger partial charge in [0.15, 0.2) is 0 Å². The van der Waals surface area contributed by atoms with E-state index < -0.39 is 0 Å². The minimum absolute atomic E-state index is 1.08. The molecule has 16 rings (SSSR count). The van der Waals surface area contributed by atoms with Crippen LogP contribution in [-0.2, 0) is 0 Å². The van der Waals surface area contributed by atoms with Crippen LogP contribution in [0.2, 0.25) is 0 Å². The van der Waals surface area contributed by atoms with Crippen LogP contribution in [0.3, 0.4) is 0 Å². The largest absolute Gasteiger partial charge is 0.310 e. The molecule has 0 aliphatic heterocycles. The molecule has 0 bridgehead atoms. The lowest BCUT2D eigenvalue weighted by Crippen LogP contribution is -2.12. The van der Waals surface area contributed by atoms with Crippen LogP contribution in [0.5, 0.6) is 0 Å². The van der Waals surface area contributed by atoms with Crippen molar-refractivity contribution in [3.05, 3.63) is 302 Å². The van der Waals surface area contributed by atoms with Crippen LogP contribution in [0, 0.1) is 13.8 Å². The van der Waals surface area contributed by atoms with Crippen LogP contribution >= 0.6 is 0 Å². The van der Waals surface area contributed by atoms with Crippen LogP contribution in [0.4, 0.5) is 34.1 Å². The van der Waals surface area contributed by atoms with Gasteiger partial charge in [-0.1, -0.05) is 193 Å². The van der Waals surface area contributed by atoms with Gasteiger partial charge in [0, 0.05) is 72.1 Å². The van der Waals surface area contributed by atoms with E-state index in [2.05, 4.69) is 324 Å². The summed E-state index contributed by atoms with van der Waals surface area (Å²) in [5.41, 5.74) is 18.5. The second-order valence-corrected chi connectivity index (χ2v) is 21.9. The van der Waals surface area contributed by atoms with Gasteiger partial charge in [0.2, 0.25) is 0 Å². The summed E-state index contributed by atoms with van der Waals surface area (Å²) in [6.07, 6.45) is 0. The van der Waals surface area contributed by atoms with Crippen molar-refractivity contribution in [1.82, 2.24) is 9.13 Å². The van der Waals surface area contributed by atoms with Gasteiger partial charge in [-0.3, -0.25) is 0 Å². The number of para-hydroxylation sites is 2. The average molecular weight is 1050 g/mol. The van der Waals surface area contributed by atoms with Crippen LogP contribution in [0.25, 0.3) is 109 Å². The molecule has 386 valence electrons. The number of nitrogens with zero attached hydrogens (tertiary/aromatic N) is 4. The zero-order valence-electron chi connectivity index (χ0n) is 45.5. The summed E-state index contributed by atoms with van der Waals surface area (Å²) in [6.45, 7) is 4.29. The third-order valence-electron chi connectivity index (χ3n) is 16.9. The van der Waals surface area contributed by atoms with Crippen molar-refractivity contribution in [2.24, 2.45) is 0 Å². The quantitative estimate of drug-likeness (QED) is 0.134. The van der Waals surface area contributed by atoms with E-state index in [9.17, 15) is 0 Å². The molecule has 4 nitrogen and oxygen atoms in total. The molecule has 4 heteroatoms. The van der Waals surface area contributed by atoms with Crippen molar-refractivity contribution < 1.29 is 0 Å². The number of benzene rings is 14. The van der Waals surface area contributed by atoms with E-state index in [4.69, 9.17) is 0 Å². The lowest BCUT2D eigenvalue weighted by molar-refractivity contribution is 1.17. The molecule has 0 aliphatic carbocycles. The van der Waals surface area contributed by atoms with Crippen LogP contribution in [-0.4, -0.2) is 9.13 Å². The molecule has 0 N–H and O–H groups in total. The molecule has 0 fully saturated rings. The first-order chi connectivity index (χ1) is 40.5. The Kier molecular flexibility index (Phi) is 11.0. The summed E-state index contributed by atoms with van der Waals surface area (Å²) in [7, 11) is 0. The summed E-state index contributed by atoms with van der Waals surface area (Å²) in [6, 6.07) is 108. The normalized spacial score (nSPS) is 11.8. The second-order valence-electron chi connectivity index (χ2n) is 21.9. The van der Waals surface area contributed by atoms with E-state index in [-0.39, 0.29) is 0 Å². The SMILES string of the molecule is Cc1ccc(-n2c3ccccc3c3cc(N(c4ccc(-c5c6ccccc6c(N(c6ccc7ccccc7c6)c6ccc7c(c6)c6ccccc6n7-c6ccc(C)cc6)c6ccccc56)cc4)c4ccc5ccccc5c4)ccc32)cc1. The number of aromatic nitrogens is 2. The predicted molar refractivity (Wildman–Crippen MR) is 349 cm³/mol. The molecule has 2 heterocycles. The number of hydrogen-bond donors (Lipinski definition) is 0. The Morgan fingerprint density at radius 3 is 1.09 bits per heavy atom. The Labute approximate surface area is 475 Å². The standard InChI is InChI=1S/C78H54N4/c1-51-27-35-59(36-28-51)81-73-25-13-11-19-65(73)71-49-63(43-45-75(71)81)79(61-41-31-53-15-3-5-17-56(53)47-61)58-39-33-55(34-40-58)77-67-21-7-9-23-69(67)78(70-24-10-8-22-68(70)77)80(62-42-32-54-16-4-6-18-57(54)48-62)64-44-46-76-72(50-64)66-20-12-14-26-74(66)82(76)60-37-29-52(2)30-38-60/h3-50H,1-2H3. The molecular weight excluding hydrogens is 993 g/mol. The zero-order valence-corrected chi connectivity index (χ0v) is 45.5. The maximum Gasteiger partial charge on any atom is 0.0618 e. The van der Waals surface area contributed by atoms with Crippen molar-refractivity contribution in [2.45, 2.75) is 13.8 Å². The molecule has 0 aliphatic rings. The first kappa shape index (κ1) is 47.3. The number of rotatable bonds is 9. The minimum Gasteiger partial charge on any atom is -0.310 e. The molecule has 2 aromatic heterocycles. The third-order valence-corrected chi connectivity index (χ3v) is 16.9. The van der Waals surface area contributed by atoms with E-state index in [0.717, 1.165) is 51.1 Å². The second kappa shape index (κ2) is 19.0. The molecule has 0 radical (unpaired) electrons. The van der Waals surface area contributed by atoms with Gasteiger partial charge >= 0.3 is 0 Å². The van der Waals surface area contributed by atoms with E-state index in [1.54, 1.807) is 0 Å². The Hall–Kier alpha value is -10.7. The van der Waals surface area contributed by atoms with Gasteiger partial charge in [-0.15, -0.1) is 0 Å². The van der Waals surface area contributed by atoms with Crippen molar-refractivity contribution in [1.29, 1.82) is 0 Å². The van der Waals surface area contributed by atoms with Gasteiger partial charge < -0.3 is 18.9 Å². The van der Waals surface area contributed by atoms with Crippen LogP contribution < -0.4 is 9.80 Å². The fourth-order valence-electron chi connectivity index (χ4n) is 13.1. The predicted octanol–water partition coefficient (Wildman–Crippen LogP) is 21.7. The molecule has 0 atom stereocenters. The molecule has 16 aromatic rings. The van der Waals surface area contributed by atoms with Gasteiger partial charge in [-0.05, 0) is 166 Å². The summed E-state index contributed by atoms with van der Waals surface area (Å²) in [5.74, 6) is 0. The molecule has 0 saturated carbocycles. The topological polar surface area (TPSA) is 16.3 Å². The van der Waals surface area contributed by atoms with Gasteiger partial charge in [0.05, 0.1) is 27.8 Å². The highest BCUT2D eigenvalue weighted by atomic mass is 15.2. The molecule has 0 saturated heterocycles. The van der Waals surface area contributed by atoms with Gasteiger partial charge in [-0.2, -0.15) is 0 Å². The summed E-state index contributed by atoms with van der Waals surface area (Å²) < 4.78 is 4.81. The lowest BCUT2D eigenvalue weighted by Gasteiger charge is -2.30. The third kappa shape index (κ3) is 7.68. The zero-order chi connectivity index (χ0) is 54.4.